The molecular weight excluding hydrogens is 476 g/mol. The molecule has 0 aromatic heterocycles. The number of nitrogens with one attached hydrogen (secondary N) is 1. The lowest BCUT2D eigenvalue weighted by Crippen LogP contribution is -2.29. The monoisotopic (exact) mass is 502 g/mol. The average molecular weight is 503 g/mol. The van der Waals surface area contributed by atoms with Gasteiger partial charge in [0, 0.05) is 10.6 Å². The number of anilines is 1. The predicted octanol–water partition coefficient (Wildman–Crippen LogP) is 4.43. The number of ether oxygens (including phenoxy) is 2. The van der Waals surface area contributed by atoms with E-state index in [-0.39, 0.29) is 12.5 Å². The third kappa shape index (κ3) is 6.88. The van der Waals surface area contributed by atoms with Gasteiger partial charge in [0.05, 0.1) is 32.1 Å². The molecule has 3 aromatic rings. The fourth-order valence-electron chi connectivity index (χ4n) is 3.17. The second-order valence-corrected chi connectivity index (χ2v) is 9.99. The number of rotatable bonds is 10. The quantitative estimate of drug-likeness (QED) is 0.414. The van der Waals surface area contributed by atoms with E-state index in [0.717, 1.165) is 23.1 Å². The lowest BCUT2D eigenvalue weighted by Gasteiger charge is -2.23. The van der Waals surface area contributed by atoms with Crippen LogP contribution in [-0.4, -0.2) is 40.8 Å². The van der Waals surface area contributed by atoms with Gasteiger partial charge < -0.3 is 14.8 Å². The van der Waals surface area contributed by atoms with Gasteiger partial charge in [-0.25, -0.2) is 8.42 Å². The van der Waals surface area contributed by atoms with Crippen molar-refractivity contribution in [3.63, 3.8) is 0 Å². The Hall–Kier alpha value is -3.23. The molecule has 3 aromatic carbocycles. The Labute approximate surface area is 205 Å². The minimum atomic E-state index is -3.54. The van der Waals surface area contributed by atoms with Crippen LogP contribution in [0.3, 0.4) is 0 Å². The van der Waals surface area contributed by atoms with E-state index in [0.29, 0.717) is 35.2 Å². The predicted molar refractivity (Wildman–Crippen MR) is 134 cm³/mol. The van der Waals surface area contributed by atoms with E-state index in [1.807, 2.05) is 6.92 Å². The van der Waals surface area contributed by atoms with Gasteiger partial charge in [0.2, 0.25) is 10.0 Å². The zero-order chi connectivity index (χ0) is 24.7. The Morgan fingerprint density at radius 2 is 1.65 bits per heavy atom. The van der Waals surface area contributed by atoms with Crippen LogP contribution in [0.25, 0.3) is 0 Å². The van der Waals surface area contributed by atoms with Crippen molar-refractivity contribution in [2.24, 2.45) is 0 Å². The summed E-state index contributed by atoms with van der Waals surface area (Å²) in [5.74, 6) is 1.19. The van der Waals surface area contributed by atoms with Gasteiger partial charge in [-0.3, -0.25) is 9.10 Å². The molecule has 0 bridgehead atoms. The van der Waals surface area contributed by atoms with Crippen LogP contribution in [0, 0.1) is 6.92 Å². The normalized spacial score (nSPS) is 11.1. The van der Waals surface area contributed by atoms with E-state index < -0.39 is 10.0 Å². The number of carbonyl (C=O) groups is 1. The number of methoxy groups -OCH3 is 1. The first kappa shape index (κ1) is 25.4. The maximum atomic E-state index is 12.4. The maximum Gasteiger partial charge on any atom is 0.251 e. The van der Waals surface area contributed by atoms with E-state index in [4.69, 9.17) is 21.1 Å². The van der Waals surface area contributed by atoms with Gasteiger partial charge in [0.25, 0.3) is 5.91 Å². The summed E-state index contributed by atoms with van der Waals surface area (Å²) in [7, 11) is -1.94. The summed E-state index contributed by atoms with van der Waals surface area (Å²) in [5.41, 5.74) is 2.56. The van der Waals surface area contributed by atoms with Crippen molar-refractivity contribution >= 4 is 33.2 Å². The molecule has 0 aliphatic rings. The first-order valence-electron chi connectivity index (χ1n) is 10.6. The zero-order valence-electron chi connectivity index (χ0n) is 19.2. The number of halogens is 1. The number of carbonyl (C=O) groups excluding carboxylic acids is 1. The Balaban J connectivity index is 1.57. The molecule has 1 amide bonds. The molecule has 0 saturated carbocycles. The summed E-state index contributed by atoms with van der Waals surface area (Å²) in [4.78, 5) is 12.4. The summed E-state index contributed by atoms with van der Waals surface area (Å²) < 4.78 is 36.8. The van der Waals surface area contributed by atoms with Crippen molar-refractivity contribution in [2.45, 2.75) is 13.5 Å². The van der Waals surface area contributed by atoms with Gasteiger partial charge in [-0.05, 0) is 66.6 Å². The highest BCUT2D eigenvalue weighted by molar-refractivity contribution is 7.92. The molecule has 0 atom stereocenters. The molecule has 180 valence electrons. The van der Waals surface area contributed by atoms with Crippen LogP contribution in [0.4, 0.5) is 5.69 Å². The molecule has 0 spiro atoms. The van der Waals surface area contributed by atoms with Crippen LogP contribution in [0.15, 0.2) is 66.7 Å². The number of hydrogen-bond acceptors (Lipinski definition) is 5. The van der Waals surface area contributed by atoms with Crippen LogP contribution in [-0.2, 0) is 16.6 Å². The minimum absolute atomic E-state index is 0.121. The summed E-state index contributed by atoms with van der Waals surface area (Å²) in [6, 6.07) is 19.1. The third-order valence-electron chi connectivity index (χ3n) is 5.10. The van der Waals surface area contributed by atoms with Crippen molar-refractivity contribution < 1.29 is 22.7 Å². The number of sulfonamides is 1. The zero-order valence-corrected chi connectivity index (χ0v) is 20.8. The van der Waals surface area contributed by atoms with Crippen LogP contribution in [0.5, 0.6) is 11.5 Å². The fourth-order valence-corrected chi connectivity index (χ4v) is 4.23. The van der Waals surface area contributed by atoms with Crippen molar-refractivity contribution in [2.75, 3.05) is 30.8 Å². The molecule has 1 N–H and O–H groups in total. The van der Waals surface area contributed by atoms with E-state index in [2.05, 4.69) is 5.32 Å². The third-order valence-corrected chi connectivity index (χ3v) is 6.65. The van der Waals surface area contributed by atoms with Gasteiger partial charge in [-0.2, -0.15) is 0 Å². The topological polar surface area (TPSA) is 84.9 Å². The van der Waals surface area contributed by atoms with Crippen LogP contribution in [0.2, 0.25) is 5.02 Å². The smallest absolute Gasteiger partial charge is 0.251 e. The number of benzene rings is 3. The molecule has 0 fully saturated rings. The van der Waals surface area contributed by atoms with E-state index in [1.54, 1.807) is 73.8 Å². The summed E-state index contributed by atoms with van der Waals surface area (Å²) in [5, 5.41) is 3.30. The molecule has 0 aliphatic carbocycles. The highest BCUT2D eigenvalue weighted by Gasteiger charge is 2.19. The second-order valence-electron chi connectivity index (χ2n) is 7.68. The first-order valence-corrected chi connectivity index (χ1v) is 12.8. The van der Waals surface area contributed by atoms with Crippen LogP contribution in [0.1, 0.15) is 21.5 Å². The maximum absolute atomic E-state index is 12.4. The summed E-state index contributed by atoms with van der Waals surface area (Å²) in [6.07, 6.45) is 1.15. The molecule has 7 nitrogen and oxygen atoms in total. The molecule has 0 unspecified atom stereocenters. The largest absolute Gasteiger partial charge is 0.497 e. The molecule has 0 aliphatic heterocycles. The molecular formula is C25H27ClN2O5S. The van der Waals surface area contributed by atoms with E-state index in [1.165, 1.54) is 4.31 Å². The Morgan fingerprint density at radius 1 is 1.00 bits per heavy atom. The number of nitrogens with zero attached hydrogens (tertiary/aromatic N) is 1. The highest BCUT2D eigenvalue weighted by atomic mass is 35.5. The Morgan fingerprint density at radius 3 is 2.24 bits per heavy atom. The molecule has 0 saturated heterocycles. The van der Waals surface area contributed by atoms with Crippen molar-refractivity contribution in [1.82, 2.24) is 5.32 Å². The van der Waals surface area contributed by atoms with Gasteiger partial charge in [0.1, 0.15) is 18.1 Å². The summed E-state index contributed by atoms with van der Waals surface area (Å²) in [6.45, 7) is 2.63. The number of aryl methyl sites for hydroxylation is 1. The number of amides is 1. The Kier molecular flexibility index (Phi) is 8.41. The fraction of sp³-hybridized carbons (Fsp3) is 0.240. The highest BCUT2D eigenvalue weighted by Crippen LogP contribution is 2.26. The van der Waals surface area contributed by atoms with Crippen LogP contribution >= 0.6 is 11.6 Å². The molecule has 0 radical (unpaired) electrons. The lowest BCUT2D eigenvalue weighted by molar-refractivity contribution is 0.0947. The standard InChI is InChI=1S/C25H27ClN2O5S/c1-18-4-9-21(16-24(18)26)28(34(3,30)31)17-19-5-7-20(8-6-19)25(29)27-14-15-33-23-12-10-22(32-2)11-13-23/h4-13,16H,14-15,17H2,1-3H3,(H,27,29). The summed E-state index contributed by atoms with van der Waals surface area (Å²) >= 11 is 6.19. The van der Waals surface area contributed by atoms with Crippen molar-refractivity contribution in [1.29, 1.82) is 0 Å². The van der Waals surface area contributed by atoms with Crippen LogP contribution < -0.4 is 19.1 Å². The first-order chi connectivity index (χ1) is 16.2. The van der Waals surface area contributed by atoms with E-state index in [9.17, 15) is 13.2 Å². The Bertz CT molecular complexity index is 1230. The van der Waals surface area contributed by atoms with Gasteiger partial charge in [0.15, 0.2) is 0 Å². The minimum Gasteiger partial charge on any atom is -0.497 e. The second kappa shape index (κ2) is 11.3. The van der Waals surface area contributed by atoms with Gasteiger partial charge in [-0.1, -0.05) is 29.8 Å². The molecule has 0 heterocycles. The SMILES string of the molecule is COc1ccc(OCCNC(=O)c2ccc(CN(c3ccc(C)c(Cl)c3)S(C)(=O)=O)cc2)cc1. The van der Waals surface area contributed by atoms with Crippen molar-refractivity contribution in [3.8, 4) is 11.5 Å². The molecule has 3 rings (SSSR count). The van der Waals surface area contributed by atoms with Gasteiger partial charge >= 0.3 is 0 Å². The lowest BCUT2D eigenvalue weighted by atomic mass is 10.1. The van der Waals surface area contributed by atoms with Crippen molar-refractivity contribution in [3.05, 3.63) is 88.4 Å². The van der Waals surface area contributed by atoms with E-state index >= 15 is 0 Å². The average Bonchev–Trinajstić information content (AvgIpc) is 2.82. The van der Waals surface area contributed by atoms with Gasteiger partial charge in [-0.15, -0.1) is 0 Å². The molecule has 34 heavy (non-hydrogen) atoms. The number of hydrogen-bond donors (Lipinski definition) is 1. The molecule has 9 heteroatoms.